The van der Waals surface area contributed by atoms with Gasteiger partial charge in [0.05, 0.1) is 45.0 Å². The summed E-state index contributed by atoms with van der Waals surface area (Å²) in [6, 6.07) is 28.3. The number of nitrogens with one attached hydrogen (secondary N) is 2. The summed E-state index contributed by atoms with van der Waals surface area (Å²) in [6.07, 6.45) is 0. The molecule has 1 saturated heterocycles. The van der Waals surface area contributed by atoms with Gasteiger partial charge in [0, 0.05) is 0 Å². The number of anilines is 1. The molecule has 0 radical (unpaired) electrons. The van der Waals surface area contributed by atoms with Gasteiger partial charge in [0.15, 0.2) is 6.54 Å². The topological polar surface area (TPSA) is 46.0 Å². The molecule has 0 atom stereocenters. The summed E-state index contributed by atoms with van der Waals surface area (Å²) < 4.78 is 5.51. The normalized spacial score (nSPS) is 14.5. The van der Waals surface area contributed by atoms with E-state index in [9.17, 15) is 4.79 Å². The number of amides is 1. The highest BCUT2D eigenvalue weighted by molar-refractivity contribution is 5.78. The van der Waals surface area contributed by atoms with Crippen molar-refractivity contribution in [1.82, 2.24) is 5.32 Å². The van der Waals surface area contributed by atoms with Crippen LogP contribution in [0.1, 0.15) is 17.2 Å². The van der Waals surface area contributed by atoms with Crippen LogP contribution in [0.3, 0.4) is 0 Å². The van der Waals surface area contributed by atoms with Crippen LogP contribution in [0, 0.1) is 0 Å². The molecule has 5 nitrogen and oxygen atoms in total. The number of benzene rings is 3. The Balaban J connectivity index is 1.37. The lowest BCUT2D eigenvalue weighted by atomic mass is 9.99. The lowest BCUT2D eigenvalue weighted by Crippen LogP contribution is -3.16. The zero-order valence-electron chi connectivity index (χ0n) is 18.0. The van der Waals surface area contributed by atoms with E-state index >= 15 is 0 Å². The minimum Gasteiger partial charge on any atom is -0.495 e. The molecule has 4 rings (SSSR count). The van der Waals surface area contributed by atoms with Gasteiger partial charge in [-0.2, -0.15) is 0 Å². The molecular formula is C26H30N3O2+. The molecule has 0 unspecified atom stereocenters. The van der Waals surface area contributed by atoms with Crippen molar-refractivity contribution in [3.8, 4) is 5.75 Å². The smallest absolute Gasteiger partial charge is 0.275 e. The predicted octanol–water partition coefficient (Wildman–Crippen LogP) is 2.31. The number of quaternary nitrogens is 1. The molecule has 1 fully saturated rings. The Morgan fingerprint density at radius 1 is 0.903 bits per heavy atom. The third kappa shape index (κ3) is 5.25. The summed E-state index contributed by atoms with van der Waals surface area (Å²) in [7, 11) is 1.71. The van der Waals surface area contributed by atoms with Crippen molar-refractivity contribution < 1.29 is 14.4 Å². The Labute approximate surface area is 184 Å². The lowest BCUT2D eigenvalue weighted by Gasteiger charge is -2.34. The predicted molar refractivity (Wildman–Crippen MR) is 124 cm³/mol. The number of hydrogen-bond donors (Lipinski definition) is 2. The molecule has 0 aromatic heterocycles. The molecule has 3 aromatic carbocycles. The second-order valence-corrected chi connectivity index (χ2v) is 7.91. The van der Waals surface area contributed by atoms with Crippen LogP contribution in [-0.4, -0.2) is 45.7 Å². The molecular weight excluding hydrogens is 386 g/mol. The van der Waals surface area contributed by atoms with Crippen LogP contribution in [-0.2, 0) is 4.79 Å². The van der Waals surface area contributed by atoms with Gasteiger partial charge in [0.25, 0.3) is 5.91 Å². The highest BCUT2D eigenvalue weighted by atomic mass is 16.5. The zero-order valence-corrected chi connectivity index (χ0v) is 18.0. The van der Waals surface area contributed by atoms with Crippen molar-refractivity contribution in [1.29, 1.82) is 0 Å². The van der Waals surface area contributed by atoms with Gasteiger partial charge in [-0.1, -0.05) is 72.8 Å². The van der Waals surface area contributed by atoms with Crippen LogP contribution >= 0.6 is 0 Å². The van der Waals surface area contributed by atoms with Crippen LogP contribution in [0.15, 0.2) is 84.9 Å². The number of ether oxygens (including phenoxy) is 1. The SMILES string of the molecule is COc1ccccc1N1CC[NH+](CC(=O)NC(c2ccccc2)c2ccccc2)CC1. The van der Waals surface area contributed by atoms with Gasteiger partial charge in [-0.3, -0.25) is 4.79 Å². The molecule has 0 bridgehead atoms. The fraction of sp³-hybridized carbons (Fsp3) is 0.269. The van der Waals surface area contributed by atoms with Crippen LogP contribution < -0.4 is 19.9 Å². The molecule has 31 heavy (non-hydrogen) atoms. The van der Waals surface area contributed by atoms with E-state index in [0.717, 1.165) is 48.7 Å². The first-order valence-electron chi connectivity index (χ1n) is 10.9. The largest absolute Gasteiger partial charge is 0.495 e. The molecule has 1 aliphatic heterocycles. The van der Waals surface area contributed by atoms with Crippen molar-refractivity contribution in [2.45, 2.75) is 6.04 Å². The van der Waals surface area contributed by atoms with Crippen molar-refractivity contribution in [3.05, 3.63) is 96.1 Å². The first-order valence-corrected chi connectivity index (χ1v) is 10.9. The number of rotatable bonds is 7. The standard InChI is InChI=1S/C26H29N3O2/c1-31-24-15-9-8-14-23(24)29-18-16-28(17-19-29)20-25(30)27-26(21-10-4-2-5-11-21)22-12-6-3-7-13-22/h2-15,26H,16-20H2,1H3,(H,27,30)/p+1. The maximum atomic E-state index is 13.0. The molecule has 0 spiro atoms. The molecule has 160 valence electrons. The van der Waals surface area contributed by atoms with Crippen LogP contribution in [0.2, 0.25) is 0 Å². The maximum absolute atomic E-state index is 13.0. The van der Waals surface area contributed by atoms with E-state index in [1.54, 1.807) is 7.11 Å². The van der Waals surface area contributed by atoms with Crippen LogP contribution in [0.4, 0.5) is 5.69 Å². The van der Waals surface area contributed by atoms with Gasteiger partial charge in [-0.05, 0) is 23.3 Å². The first kappa shape index (κ1) is 20.9. The quantitative estimate of drug-likeness (QED) is 0.621. The van der Waals surface area contributed by atoms with Gasteiger partial charge in [-0.15, -0.1) is 0 Å². The molecule has 0 aliphatic carbocycles. The Hall–Kier alpha value is -3.31. The Morgan fingerprint density at radius 3 is 2.03 bits per heavy atom. The van der Waals surface area contributed by atoms with Gasteiger partial charge < -0.3 is 19.9 Å². The molecule has 3 aromatic rings. The van der Waals surface area contributed by atoms with E-state index in [0.29, 0.717) is 6.54 Å². The summed E-state index contributed by atoms with van der Waals surface area (Å²) in [4.78, 5) is 16.6. The van der Waals surface area contributed by atoms with Gasteiger partial charge in [0.2, 0.25) is 0 Å². The molecule has 1 amide bonds. The summed E-state index contributed by atoms with van der Waals surface area (Å²) in [6.45, 7) is 4.14. The Morgan fingerprint density at radius 2 is 1.45 bits per heavy atom. The van der Waals surface area contributed by atoms with Crippen molar-refractivity contribution in [2.24, 2.45) is 0 Å². The van der Waals surface area contributed by atoms with Crippen molar-refractivity contribution in [3.63, 3.8) is 0 Å². The van der Waals surface area contributed by atoms with Gasteiger partial charge in [-0.25, -0.2) is 0 Å². The molecule has 5 heteroatoms. The Bertz CT molecular complexity index is 931. The minimum atomic E-state index is -0.135. The third-order valence-corrected chi connectivity index (χ3v) is 5.88. The van der Waals surface area contributed by atoms with Crippen molar-refractivity contribution >= 4 is 11.6 Å². The fourth-order valence-electron chi connectivity index (χ4n) is 4.22. The van der Waals surface area contributed by atoms with E-state index in [1.807, 2.05) is 54.6 Å². The summed E-state index contributed by atoms with van der Waals surface area (Å²) in [5, 5.41) is 3.26. The monoisotopic (exact) mass is 416 g/mol. The van der Waals surface area contributed by atoms with E-state index in [2.05, 4.69) is 40.5 Å². The second-order valence-electron chi connectivity index (χ2n) is 7.91. The van der Waals surface area contributed by atoms with Gasteiger partial charge in [0.1, 0.15) is 5.75 Å². The number of piperazine rings is 1. The number of nitrogens with zero attached hydrogens (tertiary/aromatic N) is 1. The van der Waals surface area contributed by atoms with E-state index in [-0.39, 0.29) is 11.9 Å². The van der Waals surface area contributed by atoms with E-state index in [1.165, 1.54) is 4.90 Å². The molecule has 0 saturated carbocycles. The fourth-order valence-corrected chi connectivity index (χ4v) is 4.22. The number of para-hydroxylation sites is 2. The average Bonchev–Trinajstić information content (AvgIpc) is 2.84. The van der Waals surface area contributed by atoms with E-state index in [4.69, 9.17) is 4.74 Å². The number of hydrogen-bond acceptors (Lipinski definition) is 3. The number of carbonyl (C=O) groups is 1. The molecule has 1 heterocycles. The minimum absolute atomic E-state index is 0.0819. The maximum Gasteiger partial charge on any atom is 0.275 e. The average molecular weight is 417 g/mol. The van der Waals surface area contributed by atoms with Gasteiger partial charge >= 0.3 is 0 Å². The van der Waals surface area contributed by atoms with Crippen molar-refractivity contribution in [2.75, 3.05) is 44.7 Å². The summed E-state index contributed by atoms with van der Waals surface area (Å²) >= 11 is 0. The zero-order chi connectivity index (χ0) is 21.5. The summed E-state index contributed by atoms with van der Waals surface area (Å²) in [5.74, 6) is 0.982. The second kappa shape index (κ2) is 10.1. The highest BCUT2D eigenvalue weighted by Crippen LogP contribution is 2.27. The molecule has 1 aliphatic rings. The Kier molecular flexibility index (Phi) is 6.85. The summed E-state index contributed by atoms with van der Waals surface area (Å²) in [5.41, 5.74) is 3.32. The number of methoxy groups -OCH3 is 1. The van der Waals surface area contributed by atoms with Crippen LogP contribution in [0.5, 0.6) is 5.75 Å². The highest BCUT2D eigenvalue weighted by Gasteiger charge is 2.25. The lowest BCUT2D eigenvalue weighted by molar-refractivity contribution is -0.892. The van der Waals surface area contributed by atoms with E-state index < -0.39 is 0 Å². The number of carbonyl (C=O) groups excluding carboxylic acids is 1. The first-order chi connectivity index (χ1) is 15.2. The third-order valence-electron chi connectivity index (χ3n) is 5.88. The molecule has 2 N–H and O–H groups in total. The van der Waals surface area contributed by atoms with Crippen LogP contribution in [0.25, 0.3) is 0 Å².